The fourth-order valence-electron chi connectivity index (χ4n) is 1.65. The van der Waals surface area contributed by atoms with Gasteiger partial charge in [-0.3, -0.25) is 0 Å². The smallest absolute Gasteiger partial charge is 0.447 e. The second-order valence-electron chi connectivity index (χ2n) is 4.26. The van der Waals surface area contributed by atoms with Crippen molar-refractivity contribution in [2.45, 2.75) is 25.4 Å². The van der Waals surface area contributed by atoms with Crippen LogP contribution in [0.4, 0.5) is 0 Å². The monoisotopic (exact) mass is 288 g/mol. The Kier molecular flexibility index (Phi) is 5.73. The standard InChI is InChI=1S/C10H20O4Si3/c1-9(10-6-4-3-5-7-10)8-16(13-15)14-17(2,11)12/h3-7,9,11-12,16H,8H2,1-2,15H3. The molecule has 0 bridgehead atoms. The first kappa shape index (κ1) is 14.8. The summed E-state index contributed by atoms with van der Waals surface area (Å²) in [5, 5.41) is 0. The molecule has 1 aromatic rings. The van der Waals surface area contributed by atoms with Crippen LogP contribution in [0.2, 0.25) is 12.6 Å². The Morgan fingerprint density at radius 1 is 1.35 bits per heavy atom. The van der Waals surface area contributed by atoms with Crippen molar-refractivity contribution in [1.82, 2.24) is 0 Å². The minimum absolute atomic E-state index is 0.318. The normalized spacial score (nSPS) is 15.8. The second kappa shape index (κ2) is 6.59. The van der Waals surface area contributed by atoms with E-state index in [2.05, 4.69) is 19.1 Å². The van der Waals surface area contributed by atoms with Crippen molar-refractivity contribution in [2.75, 3.05) is 0 Å². The largest absolute Gasteiger partial charge is 0.483 e. The van der Waals surface area contributed by atoms with E-state index in [-0.39, 0.29) is 0 Å². The van der Waals surface area contributed by atoms with Gasteiger partial charge in [0.05, 0.1) is 0 Å². The number of benzene rings is 1. The third kappa shape index (κ3) is 5.73. The number of hydrogen-bond donors (Lipinski definition) is 2. The van der Waals surface area contributed by atoms with Gasteiger partial charge in [-0.15, -0.1) is 0 Å². The predicted octanol–water partition coefficient (Wildman–Crippen LogP) is -0.122. The van der Waals surface area contributed by atoms with E-state index in [9.17, 15) is 9.59 Å². The van der Waals surface area contributed by atoms with Crippen LogP contribution in [0.3, 0.4) is 0 Å². The molecule has 1 rings (SSSR count). The highest BCUT2D eigenvalue weighted by Gasteiger charge is 2.30. The van der Waals surface area contributed by atoms with Gasteiger partial charge in [0.25, 0.3) is 0 Å². The molecular formula is C10H20O4Si3. The molecule has 0 spiro atoms. The van der Waals surface area contributed by atoms with Gasteiger partial charge in [0.15, 0.2) is 0 Å². The van der Waals surface area contributed by atoms with Crippen molar-refractivity contribution in [3.63, 3.8) is 0 Å². The molecule has 0 fully saturated rings. The highest BCUT2D eigenvalue weighted by atomic mass is 28.4. The van der Waals surface area contributed by atoms with Crippen LogP contribution in [0, 0.1) is 0 Å². The van der Waals surface area contributed by atoms with Crippen LogP contribution in [-0.2, 0) is 8.23 Å². The lowest BCUT2D eigenvalue weighted by atomic mass is 10.0. The van der Waals surface area contributed by atoms with Crippen LogP contribution in [0.5, 0.6) is 0 Å². The molecule has 1 aromatic carbocycles. The first-order valence-corrected chi connectivity index (χ1v) is 10.5. The van der Waals surface area contributed by atoms with Crippen molar-refractivity contribution in [2.24, 2.45) is 0 Å². The average molecular weight is 289 g/mol. The maximum Gasteiger partial charge on any atom is 0.483 e. The van der Waals surface area contributed by atoms with Crippen LogP contribution in [-0.4, -0.2) is 38.2 Å². The molecule has 4 nitrogen and oxygen atoms in total. The molecule has 2 N–H and O–H groups in total. The number of hydrogen-bond acceptors (Lipinski definition) is 4. The fraction of sp³-hybridized carbons (Fsp3) is 0.400. The summed E-state index contributed by atoms with van der Waals surface area (Å²) < 4.78 is 10.7. The SMILES string of the molecule is CC(C[SiH](O[SiH3])O[Si](C)(O)O)c1ccccc1. The summed E-state index contributed by atoms with van der Waals surface area (Å²) in [7, 11) is -4.82. The van der Waals surface area contributed by atoms with Gasteiger partial charge in [-0.2, -0.15) is 0 Å². The van der Waals surface area contributed by atoms with Gasteiger partial charge in [0.1, 0.15) is 10.5 Å². The van der Waals surface area contributed by atoms with Crippen LogP contribution in [0.25, 0.3) is 0 Å². The van der Waals surface area contributed by atoms with Crippen LogP contribution >= 0.6 is 0 Å². The molecule has 0 saturated heterocycles. The first-order chi connectivity index (χ1) is 7.92. The average Bonchev–Trinajstić information content (AvgIpc) is 2.27. The predicted molar refractivity (Wildman–Crippen MR) is 75.0 cm³/mol. The van der Waals surface area contributed by atoms with Crippen molar-refractivity contribution < 1.29 is 17.8 Å². The minimum Gasteiger partial charge on any atom is -0.447 e. The molecule has 7 heteroatoms. The zero-order valence-electron chi connectivity index (χ0n) is 10.5. The molecule has 0 aliphatic rings. The van der Waals surface area contributed by atoms with E-state index in [1.54, 1.807) is 0 Å². The van der Waals surface area contributed by atoms with E-state index in [1.807, 2.05) is 18.2 Å². The molecule has 0 amide bonds. The molecule has 0 saturated carbocycles. The van der Waals surface area contributed by atoms with E-state index < -0.39 is 18.1 Å². The molecule has 0 heterocycles. The molecule has 96 valence electrons. The van der Waals surface area contributed by atoms with E-state index >= 15 is 0 Å². The molecule has 17 heavy (non-hydrogen) atoms. The fourth-order valence-corrected chi connectivity index (χ4v) is 6.90. The van der Waals surface area contributed by atoms with Gasteiger partial charge in [0.2, 0.25) is 0 Å². The quantitative estimate of drug-likeness (QED) is 0.717. The van der Waals surface area contributed by atoms with Crippen molar-refractivity contribution in [3.8, 4) is 0 Å². The Balaban J connectivity index is 2.57. The molecule has 0 aliphatic heterocycles. The summed E-state index contributed by atoms with van der Waals surface area (Å²) in [6, 6.07) is 10.9. The zero-order chi connectivity index (χ0) is 12.9. The summed E-state index contributed by atoms with van der Waals surface area (Å²) >= 11 is 0. The highest BCUT2D eigenvalue weighted by molar-refractivity contribution is 6.67. The maximum atomic E-state index is 9.35. The Bertz CT molecular complexity index is 328. The lowest BCUT2D eigenvalue weighted by Crippen LogP contribution is -2.42. The molecule has 0 aromatic heterocycles. The minimum atomic E-state index is -3.45. The Labute approximate surface area is 108 Å². The summed E-state index contributed by atoms with van der Waals surface area (Å²) in [4.78, 5) is 18.7. The second-order valence-corrected chi connectivity index (χ2v) is 10.3. The van der Waals surface area contributed by atoms with Crippen molar-refractivity contribution >= 4 is 28.6 Å². The molecule has 2 atom stereocenters. The Morgan fingerprint density at radius 2 is 1.94 bits per heavy atom. The topological polar surface area (TPSA) is 58.9 Å². The highest BCUT2D eigenvalue weighted by Crippen LogP contribution is 2.22. The van der Waals surface area contributed by atoms with Gasteiger partial charge in [-0.1, -0.05) is 37.3 Å². The van der Waals surface area contributed by atoms with Crippen molar-refractivity contribution in [3.05, 3.63) is 35.9 Å². The lowest BCUT2D eigenvalue weighted by Gasteiger charge is -2.23. The summed E-state index contributed by atoms with van der Waals surface area (Å²) in [6.45, 7) is 3.45. The van der Waals surface area contributed by atoms with Crippen molar-refractivity contribution in [1.29, 1.82) is 0 Å². The molecule has 0 aliphatic carbocycles. The van der Waals surface area contributed by atoms with Crippen LogP contribution in [0.15, 0.2) is 30.3 Å². The third-order valence-corrected chi connectivity index (χ3v) is 8.57. The lowest BCUT2D eigenvalue weighted by molar-refractivity contribution is 0.232. The Hall–Kier alpha value is -0.289. The van der Waals surface area contributed by atoms with Gasteiger partial charge in [-0.05, 0) is 17.5 Å². The third-order valence-electron chi connectivity index (χ3n) is 2.53. The Morgan fingerprint density at radius 3 is 2.41 bits per heavy atom. The van der Waals surface area contributed by atoms with E-state index in [1.165, 1.54) is 12.1 Å². The first-order valence-electron chi connectivity index (χ1n) is 5.62. The van der Waals surface area contributed by atoms with Gasteiger partial charge in [0, 0.05) is 6.55 Å². The summed E-state index contributed by atoms with van der Waals surface area (Å²) in [5.74, 6) is 0.318. The van der Waals surface area contributed by atoms with Gasteiger partial charge in [-0.25, -0.2) is 0 Å². The van der Waals surface area contributed by atoms with Gasteiger partial charge >= 0.3 is 18.1 Å². The van der Waals surface area contributed by atoms with E-state index in [0.29, 0.717) is 16.4 Å². The van der Waals surface area contributed by atoms with E-state index in [4.69, 9.17) is 8.23 Å². The van der Waals surface area contributed by atoms with Crippen LogP contribution in [0.1, 0.15) is 18.4 Å². The van der Waals surface area contributed by atoms with Gasteiger partial charge < -0.3 is 17.8 Å². The van der Waals surface area contributed by atoms with E-state index in [0.717, 1.165) is 6.04 Å². The molecule has 0 radical (unpaired) electrons. The zero-order valence-corrected chi connectivity index (χ0v) is 14.6. The maximum absolute atomic E-state index is 9.35. The molecular weight excluding hydrogens is 268 g/mol. The summed E-state index contributed by atoms with van der Waals surface area (Å²) in [5.41, 5.74) is 1.23. The van der Waals surface area contributed by atoms with Crippen LogP contribution < -0.4 is 0 Å². The number of rotatable bonds is 6. The molecule has 2 unspecified atom stereocenters. The summed E-state index contributed by atoms with van der Waals surface area (Å²) in [6.07, 6.45) is 0.